The fourth-order valence-corrected chi connectivity index (χ4v) is 2.75. The maximum Gasteiger partial charge on any atom is 0.253 e. The Hall–Kier alpha value is -3.28. The molecule has 0 unspecified atom stereocenters. The van der Waals surface area contributed by atoms with Gasteiger partial charge in [-0.3, -0.25) is 9.59 Å². The van der Waals surface area contributed by atoms with E-state index in [0.717, 1.165) is 24.8 Å². The van der Waals surface area contributed by atoms with Crippen LogP contribution in [0.2, 0.25) is 0 Å². The van der Waals surface area contributed by atoms with E-state index in [1.807, 2.05) is 25.1 Å². The lowest BCUT2D eigenvalue weighted by atomic mass is 10.1. The lowest BCUT2D eigenvalue weighted by Crippen LogP contribution is -2.26. The predicted molar refractivity (Wildman–Crippen MR) is 113 cm³/mol. The van der Waals surface area contributed by atoms with Crippen molar-refractivity contribution in [2.75, 3.05) is 19.0 Å². The molecule has 0 saturated heterocycles. The maximum absolute atomic E-state index is 12.4. The summed E-state index contributed by atoms with van der Waals surface area (Å²) in [7, 11) is 1.58. The average Bonchev–Trinajstić information content (AvgIpc) is 3.55. The number of nitrogens with one attached hydrogen (secondary N) is 2. The molecule has 1 fully saturated rings. The second-order valence-corrected chi connectivity index (χ2v) is 6.87. The van der Waals surface area contributed by atoms with E-state index < -0.39 is 0 Å². The normalized spacial score (nSPS) is 13.2. The molecule has 0 spiro atoms. The van der Waals surface area contributed by atoms with Gasteiger partial charge in [0.2, 0.25) is 5.91 Å². The third kappa shape index (κ3) is 5.85. The molecule has 6 nitrogen and oxygen atoms in total. The van der Waals surface area contributed by atoms with Gasteiger partial charge in [-0.15, -0.1) is 0 Å². The van der Waals surface area contributed by atoms with Crippen LogP contribution in [-0.4, -0.2) is 31.6 Å². The Morgan fingerprint density at radius 3 is 2.66 bits per heavy atom. The summed E-state index contributed by atoms with van der Waals surface area (Å²) in [6, 6.07) is 12.7. The van der Waals surface area contributed by atoms with E-state index in [1.54, 1.807) is 37.5 Å². The van der Waals surface area contributed by atoms with Crippen molar-refractivity contribution < 1.29 is 19.1 Å². The summed E-state index contributed by atoms with van der Waals surface area (Å²) in [5.41, 5.74) is 1.75. The lowest BCUT2D eigenvalue weighted by molar-refractivity contribution is -0.111. The van der Waals surface area contributed by atoms with Crippen LogP contribution in [0.3, 0.4) is 0 Å². The molecule has 0 heterocycles. The number of benzene rings is 2. The topological polar surface area (TPSA) is 76.7 Å². The molecular formula is C23H26N2O4. The van der Waals surface area contributed by atoms with Crippen LogP contribution in [0.25, 0.3) is 6.08 Å². The van der Waals surface area contributed by atoms with Crippen molar-refractivity contribution in [2.45, 2.75) is 32.2 Å². The molecule has 3 rings (SSSR count). The molecule has 1 aliphatic rings. The molecule has 2 N–H and O–H groups in total. The highest BCUT2D eigenvalue weighted by Crippen LogP contribution is 2.28. The van der Waals surface area contributed by atoms with E-state index in [-0.39, 0.29) is 17.9 Å². The lowest BCUT2D eigenvalue weighted by Gasteiger charge is -2.11. The number of carbonyl (C=O) groups is 2. The second-order valence-electron chi connectivity index (χ2n) is 6.87. The standard InChI is InChI=1S/C23H26N2O4/c1-3-14-29-20-12-8-16(15-21(20)28-2)9-13-22(26)25-19-7-5-4-6-18(19)23(27)24-17-10-11-17/h4-9,12-13,15,17H,3,10-11,14H2,1-2H3,(H,24,27)(H,25,26)/b13-9+. The molecule has 6 heteroatoms. The number of ether oxygens (including phenoxy) is 2. The number of methoxy groups -OCH3 is 1. The van der Waals surface area contributed by atoms with Crippen molar-refractivity contribution >= 4 is 23.6 Å². The number of amides is 2. The molecule has 2 amide bonds. The van der Waals surface area contributed by atoms with Gasteiger partial charge in [0.25, 0.3) is 5.91 Å². The number of para-hydroxylation sites is 1. The summed E-state index contributed by atoms with van der Waals surface area (Å²) < 4.78 is 11.0. The van der Waals surface area contributed by atoms with E-state index in [1.165, 1.54) is 6.08 Å². The zero-order valence-corrected chi connectivity index (χ0v) is 16.7. The minimum atomic E-state index is -0.318. The molecule has 0 atom stereocenters. The Morgan fingerprint density at radius 2 is 1.93 bits per heavy atom. The zero-order chi connectivity index (χ0) is 20.6. The van der Waals surface area contributed by atoms with E-state index in [2.05, 4.69) is 10.6 Å². The summed E-state index contributed by atoms with van der Waals surface area (Å²) in [6.45, 7) is 2.65. The number of anilines is 1. The van der Waals surface area contributed by atoms with Crippen molar-refractivity contribution in [1.29, 1.82) is 0 Å². The fourth-order valence-electron chi connectivity index (χ4n) is 2.75. The molecule has 152 valence electrons. The van der Waals surface area contributed by atoms with E-state index in [4.69, 9.17) is 9.47 Å². The van der Waals surface area contributed by atoms with Crippen molar-refractivity contribution in [1.82, 2.24) is 5.32 Å². The van der Waals surface area contributed by atoms with Crippen LogP contribution in [0.4, 0.5) is 5.69 Å². The van der Waals surface area contributed by atoms with E-state index in [0.29, 0.717) is 29.4 Å². The van der Waals surface area contributed by atoms with Crippen molar-refractivity contribution in [3.63, 3.8) is 0 Å². The molecule has 1 saturated carbocycles. The Morgan fingerprint density at radius 1 is 1.14 bits per heavy atom. The Balaban J connectivity index is 1.66. The van der Waals surface area contributed by atoms with Gasteiger partial charge in [0, 0.05) is 12.1 Å². The number of hydrogen-bond donors (Lipinski definition) is 2. The van der Waals surface area contributed by atoms with Crippen molar-refractivity contribution in [3.8, 4) is 11.5 Å². The highest BCUT2D eigenvalue weighted by Gasteiger charge is 2.24. The van der Waals surface area contributed by atoms with Gasteiger partial charge < -0.3 is 20.1 Å². The van der Waals surface area contributed by atoms with Crippen LogP contribution in [-0.2, 0) is 4.79 Å². The molecule has 2 aromatic carbocycles. The summed E-state index contributed by atoms with van der Waals surface area (Å²) >= 11 is 0. The van der Waals surface area contributed by atoms with Gasteiger partial charge in [-0.25, -0.2) is 0 Å². The van der Waals surface area contributed by atoms with Crippen LogP contribution in [0, 0.1) is 0 Å². The molecule has 0 aromatic heterocycles. The molecule has 0 bridgehead atoms. The summed E-state index contributed by atoms with van der Waals surface area (Å²) in [5.74, 6) is 0.802. The largest absolute Gasteiger partial charge is 0.493 e. The van der Waals surface area contributed by atoms with Crippen LogP contribution in [0.15, 0.2) is 48.5 Å². The minimum Gasteiger partial charge on any atom is -0.493 e. The summed E-state index contributed by atoms with van der Waals surface area (Å²) in [6.07, 6.45) is 6.04. The van der Waals surface area contributed by atoms with Crippen LogP contribution < -0.4 is 20.1 Å². The van der Waals surface area contributed by atoms with Crippen molar-refractivity contribution in [2.24, 2.45) is 0 Å². The monoisotopic (exact) mass is 394 g/mol. The van der Waals surface area contributed by atoms with Crippen molar-refractivity contribution in [3.05, 3.63) is 59.7 Å². The SMILES string of the molecule is CCCOc1ccc(/C=C/C(=O)Nc2ccccc2C(=O)NC2CC2)cc1OC. The highest BCUT2D eigenvalue weighted by atomic mass is 16.5. The van der Waals surface area contributed by atoms with Crippen LogP contribution in [0.1, 0.15) is 42.1 Å². The summed E-state index contributed by atoms with van der Waals surface area (Å²) in [5, 5.41) is 5.72. The first-order chi connectivity index (χ1) is 14.1. The van der Waals surface area contributed by atoms with E-state index in [9.17, 15) is 9.59 Å². The average molecular weight is 394 g/mol. The molecule has 2 aromatic rings. The number of carbonyl (C=O) groups excluding carboxylic acids is 2. The molecule has 0 radical (unpaired) electrons. The first-order valence-electron chi connectivity index (χ1n) is 9.80. The second kappa shape index (κ2) is 9.78. The fraction of sp³-hybridized carbons (Fsp3) is 0.304. The molecular weight excluding hydrogens is 368 g/mol. The first kappa shape index (κ1) is 20.5. The highest BCUT2D eigenvalue weighted by molar-refractivity contribution is 6.07. The first-order valence-corrected chi connectivity index (χ1v) is 9.80. The summed E-state index contributed by atoms with van der Waals surface area (Å²) in [4.78, 5) is 24.7. The number of rotatable bonds is 9. The van der Waals surface area contributed by atoms with Gasteiger partial charge >= 0.3 is 0 Å². The quantitative estimate of drug-likeness (QED) is 0.630. The van der Waals surface area contributed by atoms with Gasteiger partial charge in [-0.05, 0) is 55.2 Å². The minimum absolute atomic E-state index is 0.167. The zero-order valence-electron chi connectivity index (χ0n) is 16.7. The Labute approximate surface area is 170 Å². The third-order valence-electron chi connectivity index (χ3n) is 4.42. The molecule has 29 heavy (non-hydrogen) atoms. The molecule has 1 aliphatic carbocycles. The van der Waals surface area contributed by atoms with Gasteiger partial charge in [-0.1, -0.05) is 25.1 Å². The predicted octanol–water partition coefficient (Wildman–Crippen LogP) is 4.03. The Bertz CT molecular complexity index is 904. The van der Waals surface area contributed by atoms with Gasteiger partial charge in [0.1, 0.15) is 0 Å². The van der Waals surface area contributed by atoms with Gasteiger partial charge in [0.05, 0.1) is 25.0 Å². The Kier molecular flexibility index (Phi) is 6.89. The van der Waals surface area contributed by atoms with E-state index >= 15 is 0 Å². The van der Waals surface area contributed by atoms with Crippen LogP contribution in [0.5, 0.6) is 11.5 Å². The maximum atomic E-state index is 12.4. The smallest absolute Gasteiger partial charge is 0.253 e. The third-order valence-corrected chi connectivity index (χ3v) is 4.42. The molecule has 0 aliphatic heterocycles. The van der Waals surface area contributed by atoms with Gasteiger partial charge in [0.15, 0.2) is 11.5 Å². The number of hydrogen-bond acceptors (Lipinski definition) is 4. The van der Waals surface area contributed by atoms with Gasteiger partial charge in [-0.2, -0.15) is 0 Å². The van der Waals surface area contributed by atoms with Crippen LogP contribution >= 0.6 is 0 Å².